The minimum absolute atomic E-state index is 0.139. The second kappa shape index (κ2) is 5.48. The number of hydrogen-bond acceptors (Lipinski definition) is 3. The van der Waals surface area contributed by atoms with Crippen LogP contribution in [0.5, 0.6) is 5.75 Å². The zero-order valence-corrected chi connectivity index (χ0v) is 11.7. The second-order valence-electron chi connectivity index (χ2n) is 3.91. The van der Waals surface area contributed by atoms with Crippen LogP contribution in [0.3, 0.4) is 0 Å². The van der Waals surface area contributed by atoms with Gasteiger partial charge in [0.1, 0.15) is 11.6 Å². The van der Waals surface area contributed by atoms with Gasteiger partial charge in [0.25, 0.3) is 0 Å². The lowest BCUT2D eigenvalue weighted by Gasteiger charge is -2.08. The van der Waals surface area contributed by atoms with Crippen LogP contribution in [0.15, 0.2) is 24.4 Å². The summed E-state index contributed by atoms with van der Waals surface area (Å²) in [6.07, 6.45) is 1.82. The number of rotatable bonds is 4. The number of alkyl halides is 1. The monoisotopic (exact) mass is 313 g/mol. The first-order valence-electron chi connectivity index (χ1n) is 5.46. The zero-order valence-electron chi connectivity index (χ0n) is 10.1. The fraction of sp³-hybridized carbons (Fsp3) is 0.333. The minimum Gasteiger partial charge on any atom is -0.496 e. The van der Waals surface area contributed by atoms with E-state index in [0.29, 0.717) is 12.3 Å². The molecule has 0 fully saturated rings. The van der Waals surface area contributed by atoms with Crippen LogP contribution in [-0.2, 0) is 6.54 Å². The zero-order chi connectivity index (χ0) is 13.1. The van der Waals surface area contributed by atoms with E-state index in [1.165, 1.54) is 12.1 Å². The summed E-state index contributed by atoms with van der Waals surface area (Å²) in [6, 6.07) is 4.42. The van der Waals surface area contributed by atoms with Gasteiger partial charge in [-0.2, -0.15) is 0 Å². The third-order valence-electron chi connectivity index (χ3n) is 2.54. The normalized spacial score (nSPS) is 12.4. The van der Waals surface area contributed by atoms with Crippen molar-refractivity contribution >= 4 is 15.9 Å². The summed E-state index contributed by atoms with van der Waals surface area (Å²) < 4.78 is 20.1. The van der Waals surface area contributed by atoms with Crippen molar-refractivity contribution in [1.82, 2.24) is 15.0 Å². The van der Waals surface area contributed by atoms with E-state index in [4.69, 9.17) is 4.74 Å². The predicted octanol–water partition coefficient (Wildman–Crippen LogP) is 2.93. The van der Waals surface area contributed by atoms with Gasteiger partial charge in [-0.05, 0) is 25.1 Å². The summed E-state index contributed by atoms with van der Waals surface area (Å²) in [5.74, 6) is 0.348. The lowest BCUT2D eigenvalue weighted by atomic mass is 10.2. The van der Waals surface area contributed by atoms with Crippen molar-refractivity contribution in [3.63, 3.8) is 0 Å². The first-order chi connectivity index (χ1) is 8.60. The maximum Gasteiger partial charge on any atom is 0.124 e. The average molecular weight is 314 g/mol. The summed E-state index contributed by atoms with van der Waals surface area (Å²) in [6.45, 7) is 2.39. The number of halogens is 2. The summed E-state index contributed by atoms with van der Waals surface area (Å²) in [5.41, 5.74) is 1.57. The highest BCUT2D eigenvalue weighted by molar-refractivity contribution is 9.09. The highest BCUT2D eigenvalue weighted by atomic mass is 79.9. The number of methoxy groups -OCH3 is 1. The Labute approximate surface area is 113 Å². The molecule has 1 atom stereocenters. The number of benzene rings is 1. The summed E-state index contributed by atoms with van der Waals surface area (Å²) in [4.78, 5) is 0.139. The molecular formula is C12H13BrFN3O. The first-order valence-corrected chi connectivity index (χ1v) is 6.38. The first kappa shape index (κ1) is 13.0. The Morgan fingerprint density at radius 2 is 2.28 bits per heavy atom. The molecule has 1 aromatic carbocycles. The molecule has 4 nitrogen and oxygen atoms in total. The molecule has 1 unspecified atom stereocenters. The Kier molecular flexibility index (Phi) is 3.96. The lowest BCUT2D eigenvalue weighted by molar-refractivity contribution is 0.405. The molecule has 0 saturated carbocycles. The smallest absolute Gasteiger partial charge is 0.124 e. The number of aromatic nitrogens is 3. The Morgan fingerprint density at radius 1 is 1.50 bits per heavy atom. The van der Waals surface area contributed by atoms with Crippen LogP contribution in [0.25, 0.3) is 0 Å². The van der Waals surface area contributed by atoms with Gasteiger partial charge in [0.2, 0.25) is 0 Å². The molecule has 0 spiro atoms. The van der Waals surface area contributed by atoms with Crippen LogP contribution in [0.4, 0.5) is 4.39 Å². The van der Waals surface area contributed by atoms with Crippen molar-refractivity contribution in [2.24, 2.45) is 0 Å². The largest absolute Gasteiger partial charge is 0.496 e. The molecule has 0 aliphatic carbocycles. The molecule has 0 saturated heterocycles. The molecule has 0 aliphatic rings. The molecule has 0 amide bonds. The number of ether oxygens (including phenoxy) is 1. The van der Waals surface area contributed by atoms with E-state index in [1.807, 2.05) is 13.1 Å². The third-order valence-corrected chi connectivity index (χ3v) is 3.01. The Balaban J connectivity index is 2.24. The second-order valence-corrected chi connectivity index (χ2v) is 5.29. The fourth-order valence-corrected chi connectivity index (χ4v) is 1.83. The van der Waals surface area contributed by atoms with Gasteiger partial charge in [-0.25, -0.2) is 9.07 Å². The van der Waals surface area contributed by atoms with Gasteiger partial charge in [0, 0.05) is 11.8 Å². The van der Waals surface area contributed by atoms with Gasteiger partial charge in [0.05, 0.1) is 24.2 Å². The van der Waals surface area contributed by atoms with Crippen LogP contribution in [0.2, 0.25) is 0 Å². The van der Waals surface area contributed by atoms with Crippen LogP contribution in [-0.4, -0.2) is 22.1 Å². The van der Waals surface area contributed by atoms with E-state index < -0.39 is 0 Å². The highest BCUT2D eigenvalue weighted by Crippen LogP contribution is 2.22. The van der Waals surface area contributed by atoms with Crippen molar-refractivity contribution in [2.45, 2.75) is 18.3 Å². The van der Waals surface area contributed by atoms with Gasteiger partial charge in [-0.15, -0.1) is 5.10 Å². The summed E-state index contributed by atoms with van der Waals surface area (Å²) in [7, 11) is 1.56. The molecule has 0 aliphatic heterocycles. The van der Waals surface area contributed by atoms with Crippen molar-refractivity contribution < 1.29 is 9.13 Å². The SMILES string of the molecule is COc1ccc(F)cc1Cn1cc(C(C)Br)nn1. The van der Waals surface area contributed by atoms with Crippen LogP contribution < -0.4 is 4.74 Å². The molecule has 1 heterocycles. The number of hydrogen-bond donors (Lipinski definition) is 0. The molecule has 0 bridgehead atoms. The van der Waals surface area contributed by atoms with Crippen molar-refractivity contribution in [3.8, 4) is 5.75 Å². The van der Waals surface area contributed by atoms with Crippen molar-refractivity contribution in [1.29, 1.82) is 0 Å². The molecule has 0 radical (unpaired) electrons. The van der Waals surface area contributed by atoms with Crippen LogP contribution in [0, 0.1) is 5.82 Å². The molecule has 18 heavy (non-hydrogen) atoms. The third kappa shape index (κ3) is 2.87. The van der Waals surface area contributed by atoms with Gasteiger partial charge < -0.3 is 4.74 Å². The highest BCUT2D eigenvalue weighted by Gasteiger charge is 2.09. The Bertz CT molecular complexity index is 542. The molecule has 96 valence electrons. The van der Waals surface area contributed by atoms with Crippen molar-refractivity contribution in [2.75, 3.05) is 7.11 Å². The summed E-state index contributed by atoms with van der Waals surface area (Å²) >= 11 is 3.42. The van der Waals surface area contributed by atoms with E-state index in [2.05, 4.69) is 26.2 Å². The van der Waals surface area contributed by atoms with Gasteiger partial charge in [-0.1, -0.05) is 21.1 Å². The van der Waals surface area contributed by atoms with E-state index in [1.54, 1.807) is 17.9 Å². The topological polar surface area (TPSA) is 39.9 Å². The molecule has 1 aromatic heterocycles. The van der Waals surface area contributed by atoms with Gasteiger partial charge in [0.15, 0.2) is 0 Å². The van der Waals surface area contributed by atoms with E-state index >= 15 is 0 Å². The fourth-order valence-electron chi connectivity index (χ4n) is 1.62. The van der Waals surface area contributed by atoms with Crippen LogP contribution in [0.1, 0.15) is 23.0 Å². The maximum atomic E-state index is 13.2. The molecule has 0 N–H and O–H groups in total. The minimum atomic E-state index is -0.292. The Hall–Kier alpha value is -1.43. The summed E-state index contributed by atoms with van der Waals surface area (Å²) in [5, 5.41) is 8.02. The Morgan fingerprint density at radius 3 is 2.89 bits per heavy atom. The van der Waals surface area contributed by atoms with Gasteiger partial charge in [-0.3, -0.25) is 0 Å². The average Bonchev–Trinajstić information content (AvgIpc) is 2.78. The molecule has 2 rings (SSSR count). The maximum absolute atomic E-state index is 13.2. The number of nitrogens with zero attached hydrogens (tertiary/aromatic N) is 3. The quantitative estimate of drug-likeness (QED) is 0.815. The van der Waals surface area contributed by atoms with E-state index in [9.17, 15) is 4.39 Å². The lowest BCUT2D eigenvalue weighted by Crippen LogP contribution is -2.03. The standard InChI is InChI=1S/C12H13BrFN3O/c1-8(13)11-7-17(16-15-11)6-9-5-10(14)3-4-12(9)18-2/h3-5,7-8H,6H2,1-2H3. The van der Waals surface area contributed by atoms with E-state index in [0.717, 1.165) is 11.3 Å². The molecule has 6 heteroatoms. The van der Waals surface area contributed by atoms with E-state index in [-0.39, 0.29) is 10.6 Å². The molecule has 2 aromatic rings. The van der Waals surface area contributed by atoms with Crippen molar-refractivity contribution in [3.05, 3.63) is 41.5 Å². The predicted molar refractivity (Wildman–Crippen MR) is 69.4 cm³/mol. The van der Waals surface area contributed by atoms with Crippen LogP contribution >= 0.6 is 15.9 Å². The van der Waals surface area contributed by atoms with Gasteiger partial charge >= 0.3 is 0 Å². The molecular weight excluding hydrogens is 301 g/mol.